The van der Waals surface area contributed by atoms with E-state index >= 15 is 0 Å². The van der Waals surface area contributed by atoms with Gasteiger partial charge in [-0.2, -0.15) is 5.26 Å². The van der Waals surface area contributed by atoms with Crippen LogP contribution in [0.2, 0.25) is 0 Å². The lowest BCUT2D eigenvalue weighted by atomic mass is 10.1. The van der Waals surface area contributed by atoms with Crippen molar-refractivity contribution in [2.24, 2.45) is 0 Å². The van der Waals surface area contributed by atoms with Gasteiger partial charge in [-0.15, -0.1) is 11.3 Å². The first kappa shape index (κ1) is 20.4. The number of amides is 3. The summed E-state index contributed by atoms with van der Waals surface area (Å²) in [6.07, 6.45) is 1.78. The van der Waals surface area contributed by atoms with Crippen molar-refractivity contribution in [2.45, 2.75) is 0 Å². The first-order chi connectivity index (χ1) is 15.1. The fourth-order valence-electron chi connectivity index (χ4n) is 3.28. The average Bonchev–Trinajstić information content (AvgIpc) is 3.34. The lowest BCUT2D eigenvalue weighted by Gasteiger charge is -2.34. The molecule has 1 aliphatic heterocycles. The first-order valence-electron chi connectivity index (χ1n) is 9.74. The number of benzene rings is 2. The number of nitriles is 1. The number of carbonyl (C=O) groups is 2. The van der Waals surface area contributed by atoms with Crippen molar-refractivity contribution in [1.29, 1.82) is 5.26 Å². The molecule has 1 aromatic heterocycles. The lowest BCUT2D eigenvalue weighted by molar-refractivity contribution is 0.102. The van der Waals surface area contributed by atoms with Crippen LogP contribution in [-0.2, 0) is 0 Å². The average molecular weight is 433 g/mol. The number of piperazine rings is 1. The Kier molecular flexibility index (Phi) is 6.10. The van der Waals surface area contributed by atoms with Gasteiger partial charge >= 0.3 is 6.03 Å². The molecule has 31 heavy (non-hydrogen) atoms. The van der Waals surface area contributed by atoms with E-state index in [1.165, 1.54) is 0 Å². The highest BCUT2D eigenvalue weighted by Crippen LogP contribution is 2.20. The quantitative estimate of drug-likeness (QED) is 0.656. The van der Waals surface area contributed by atoms with Crippen LogP contribution in [0, 0.1) is 11.3 Å². The number of thiazole rings is 1. The van der Waals surface area contributed by atoms with Crippen molar-refractivity contribution in [3.63, 3.8) is 0 Å². The number of anilines is 3. The minimum absolute atomic E-state index is 0.196. The molecule has 1 aliphatic rings. The molecule has 1 saturated heterocycles. The van der Waals surface area contributed by atoms with Crippen LogP contribution in [0.15, 0.2) is 60.1 Å². The fraction of sp³-hybridized carbons (Fsp3) is 0.182. The van der Waals surface area contributed by atoms with Gasteiger partial charge in [0.1, 0.15) is 0 Å². The minimum atomic E-state index is -0.316. The van der Waals surface area contributed by atoms with Crippen LogP contribution in [0.3, 0.4) is 0 Å². The van der Waals surface area contributed by atoms with E-state index in [1.807, 2.05) is 11.4 Å². The Bertz CT molecular complexity index is 1120. The number of nitrogens with zero attached hydrogens (tertiary/aromatic N) is 4. The molecule has 4 rings (SSSR count). The van der Waals surface area contributed by atoms with Crippen LogP contribution in [-0.4, -0.2) is 48.0 Å². The van der Waals surface area contributed by atoms with Crippen molar-refractivity contribution < 1.29 is 9.59 Å². The number of nitrogens with one attached hydrogen (secondary N) is 2. The van der Waals surface area contributed by atoms with Crippen LogP contribution >= 0.6 is 11.3 Å². The topological polar surface area (TPSA) is 101 Å². The Hall–Kier alpha value is -3.90. The second-order valence-electron chi connectivity index (χ2n) is 6.95. The molecule has 2 N–H and O–H groups in total. The van der Waals surface area contributed by atoms with Gasteiger partial charge in [0.05, 0.1) is 11.6 Å². The summed E-state index contributed by atoms with van der Waals surface area (Å²) in [7, 11) is 0. The summed E-state index contributed by atoms with van der Waals surface area (Å²) in [6.45, 7) is 2.65. The zero-order chi connectivity index (χ0) is 21.6. The molecule has 156 valence electrons. The summed E-state index contributed by atoms with van der Waals surface area (Å²) >= 11 is 1.59. The summed E-state index contributed by atoms with van der Waals surface area (Å²) in [6, 6.07) is 15.3. The molecular formula is C22H20N6O2S. The first-order valence-corrected chi connectivity index (χ1v) is 10.6. The van der Waals surface area contributed by atoms with Crippen molar-refractivity contribution in [1.82, 2.24) is 9.88 Å². The Morgan fingerprint density at radius 3 is 2.45 bits per heavy atom. The van der Waals surface area contributed by atoms with Crippen molar-refractivity contribution in [2.75, 3.05) is 41.7 Å². The molecule has 0 atom stereocenters. The van der Waals surface area contributed by atoms with Crippen LogP contribution in [0.4, 0.5) is 21.3 Å². The molecular weight excluding hydrogens is 412 g/mol. The Morgan fingerprint density at radius 2 is 1.74 bits per heavy atom. The number of rotatable bonds is 4. The third-order valence-electron chi connectivity index (χ3n) is 4.88. The number of hydrogen-bond acceptors (Lipinski definition) is 6. The molecule has 0 spiro atoms. The van der Waals surface area contributed by atoms with Gasteiger partial charge in [-0.3, -0.25) is 4.79 Å². The van der Waals surface area contributed by atoms with Crippen molar-refractivity contribution in [3.05, 3.63) is 71.2 Å². The number of urea groups is 1. The summed E-state index contributed by atoms with van der Waals surface area (Å²) in [5.74, 6) is -0.316. The van der Waals surface area contributed by atoms with Crippen LogP contribution in [0.25, 0.3) is 0 Å². The summed E-state index contributed by atoms with van der Waals surface area (Å²) < 4.78 is 0. The third kappa shape index (κ3) is 4.99. The molecule has 3 aromatic rings. The Balaban J connectivity index is 1.35. The molecule has 8 nitrogen and oxygen atoms in total. The van der Waals surface area contributed by atoms with Crippen LogP contribution < -0.4 is 15.5 Å². The number of carbonyl (C=O) groups excluding carboxylic acids is 2. The van der Waals surface area contributed by atoms with Crippen molar-refractivity contribution >= 4 is 39.8 Å². The molecule has 2 aromatic carbocycles. The second-order valence-corrected chi connectivity index (χ2v) is 7.82. The molecule has 0 unspecified atom stereocenters. The number of aromatic nitrogens is 1. The highest BCUT2D eigenvalue weighted by Gasteiger charge is 2.22. The van der Waals surface area contributed by atoms with E-state index in [0.29, 0.717) is 35.6 Å². The maximum absolute atomic E-state index is 12.7. The van der Waals surface area contributed by atoms with Gasteiger partial charge in [0.15, 0.2) is 5.13 Å². The van der Waals surface area contributed by atoms with Gasteiger partial charge in [-0.05, 0) is 36.4 Å². The predicted molar refractivity (Wildman–Crippen MR) is 120 cm³/mol. The van der Waals surface area contributed by atoms with E-state index in [2.05, 4.69) is 20.5 Å². The molecule has 1 fully saturated rings. The van der Waals surface area contributed by atoms with E-state index in [4.69, 9.17) is 5.26 Å². The molecule has 3 amide bonds. The standard InChI is InChI=1S/C22H20N6O2S/c23-15-16-3-1-5-18(13-16)25-20(29)17-4-2-6-19(14-17)26-21(30)27-8-10-28(11-9-27)22-24-7-12-31-22/h1-7,12-14H,8-11H2,(H,25,29)(H,26,30). The third-order valence-corrected chi connectivity index (χ3v) is 5.71. The van der Waals surface area contributed by atoms with E-state index in [-0.39, 0.29) is 11.9 Å². The smallest absolute Gasteiger partial charge is 0.321 e. The van der Waals surface area contributed by atoms with Gasteiger partial charge in [-0.1, -0.05) is 12.1 Å². The van der Waals surface area contributed by atoms with Crippen molar-refractivity contribution in [3.8, 4) is 6.07 Å². The molecule has 0 radical (unpaired) electrons. The van der Waals surface area contributed by atoms with Crippen LogP contribution in [0.5, 0.6) is 0 Å². The predicted octanol–water partition coefficient (Wildman–Crippen LogP) is 3.62. The zero-order valence-corrected chi connectivity index (χ0v) is 17.4. The zero-order valence-electron chi connectivity index (χ0n) is 16.6. The maximum Gasteiger partial charge on any atom is 0.321 e. The monoisotopic (exact) mass is 432 g/mol. The lowest BCUT2D eigenvalue weighted by Crippen LogP contribution is -2.50. The Morgan fingerprint density at radius 1 is 1.00 bits per heavy atom. The fourth-order valence-corrected chi connectivity index (χ4v) is 3.98. The summed E-state index contributed by atoms with van der Waals surface area (Å²) in [4.78, 5) is 33.5. The highest BCUT2D eigenvalue weighted by atomic mass is 32.1. The normalized spacial score (nSPS) is 13.4. The summed E-state index contributed by atoms with van der Waals surface area (Å²) in [5.41, 5.74) is 1.96. The molecule has 2 heterocycles. The van der Waals surface area contributed by atoms with E-state index in [1.54, 1.807) is 71.0 Å². The van der Waals surface area contributed by atoms with E-state index < -0.39 is 0 Å². The van der Waals surface area contributed by atoms with Gasteiger partial charge in [-0.25, -0.2) is 9.78 Å². The van der Waals surface area contributed by atoms with Gasteiger partial charge in [0, 0.05) is 54.7 Å². The largest absolute Gasteiger partial charge is 0.345 e. The molecule has 9 heteroatoms. The SMILES string of the molecule is N#Cc1cccc(NC(=O)c2cccc(NC(=O)N3CCN(c4nccs4)CC3)c2)c1. The van der Waals surface area contributed by atoms with Crippen LogP contribution in [0.1, 0.15) is 15.9 Å². The van der Waals surface area contributed by atoms with Gasteiger partial charge < -0.3 is 20.4 Å². The minimum Gasteiger partial charge on any atom is -0.345 e. The molecule has 0 saturated carbocycles. The highest BCUT2D eigenvalue weighted by molar-refractivity contribution is 7.13. The Labute approximate surface area is 183 Å². The number of hydrogen-bond donors (Lipinski definition) is 2. The van der Waals surface area contributed by atoms with Gasteiger partial charge in [0.25, 0.3) is 5.91 Å². The summed E-state index contributed by atoms with van der Waals surface area (Å²) in [5, 5.41) is 17.5. The molecule has 0 bridgehead atoms. The second kappa shape index (κ2) is 9.28. The van der Waals surface area contributed by atoms with E-state index in [9.17, 15) is 9.59 Å². The van der Waals surface area contributed by atoms with Gasteiger partial charge in [0.2, 0.25) is 0 Å². The molecule has 0 aliphatic carbocycles. The maximum atomic E-state index is 12.7. The van der Waals surface area contributed by atoms with E-state index in [0.717, 1.165) is 18.2 Å².